The summed E-state index contributed by atoms with van der Waals surface area (Å²) >= 11 is 0. The van der Waals surface area contributed by atoms with E-state index in [1.54, 1.807) is 12.2 Å². The number of aliphatic hydroxyl groups is 1. The molecule has 0 saturated carbocycles. The lowest BCUT2D eigenvalue weighted by molar-refractivity contribution is -0.161. The van der Waals surface area contributed by atoms with Crippen LogP contribution in [-0.2, 0) is 32.7 Å². The Labute approximate surface area is 351 Å². The van der Waals surface area contributed by atoms with E-state index in [2.05, 4.69) is 80.7 Å². The lowest BCUT2D eigenvalue weighted by Crippen LogP contribution is -2.29. The number of rotatable bonds is 39. The molecule has 0 fully saturated rings. The number of esters is 2. The number of carbonyl (C=O) groups excluding carboxylic acids is 2. The van der Waals surface area contributed by atoms with Gasteiger partial charge in [0.1, 0.15) is 6.61 Å². The van der Waals surface area contributed by atoms with Crippen molar-refractivity contribution in [2.75, 3.05) is 26.4 Å². The SMILES string of the molecule is CCCCC/C=C\C/C=C\C/C=C\C/C=C\CCCCCC(=O)O[C@H](COC(=O)CCC/C=C/C=C\C(O)C/C=C\C/C=C\CCCCC)COP(=O)(O)OCCN. The molecule has 0 aromatic heterocycles. The van der Waals surface area contributed by atoms with Gasteiger partial charge in [0.25, 0.3) is 0 Å². The van der Waals surface area contributed by atoms with Gasteiger partial charge in [-0.1, -0.05) is 143 Å². The summed E-state index contributed by atoms with van der Waals surface area (Å²) in [4.78, 5) is 34.9. The Morgan fingerprint density at radius 1 is 0.603 bits per heavy atom. The van der Waals surface area contributed by atoms with Crippen LogP contribution in [-0.4, -0.2) is 60.5 Å². The molecule has 11 heteroatoms. The van der Waals surface area contributed by atoms with Crippen LogP contribution < -0.4 is 5.73 Å². The fourth-order valence-electron chi connectivity index (χ4n) is 5.22. The quantitative estimate of drug-likeness (QED) is 0.0179. The average Bonchev–Trinajstić information content (AvgIpc) is 3.21. The van der Waals surface area contributed by atoms with Gasteiger partial charge in [0, 0.05) is 19.4 Å². The van der Waals surface area contributed by atoms with E-state index in [4.69, 9.17) is 24.3 Å². The van der Waals surface area contributed by atoms with Crippen LogP contribution in [0.15, 0.2) is 97.2 Å². The molecule has 0 rings (SSSR count). The topological polar surface area (TPSA) is 155 Å². The number of carbonyl (C=O) groups is 2. The van der Waals surface area contributed by atoms with Crippen LogP contribution in [0.2, 0.25) is 0 Å². The Morgan fingerprint density at radius 3 is 1.69 bits per heavy atom. The van der Waals surface area contributed by atoms with Gasteiger partial charge in [0.05, 0.1) is 19.3 Å². The molecule has 0 aromatic carbocycles. The molecule has 0 aliphatic heterocycles. The molecular weight excluding hydrogens is 753 g/mol. The molecule has 0 amide bonds. The first-order chi connectivity index (χ1) is 28.2. The molecule has 0 spiro atoms. The Bertz CT molecular complexity index is 1280. The molecule has 10 nitrogen and oxygen atoms in total. The van der Waals surface area contributed by atoms with Gasteiger partial charge < -0.3 is 25.2 Å². The summed E-state index contributed by atoms with van der Waals surface area (Å²) in [6.45, 7) is 3.44. The lowest BCUT2D eigenvalue weighted by Gasteiger charge is -2.19. The van der Waals surface area contributed by atoms with Crippen molar-refractivity contribution in [3.05, 3.63) is 97.2 Å². The summed E-state index contributed by atoms with van der Waals surface area (Å²) in [6, 6.07) is 0. The number of nitrogens with two attached hydrogens (primary N) is 1. The Balaban J connectivity index is 4.42. The van der Waals surface area contributed by atoms with Crippen molar-refractivity contribution in [1.82, 2.24) is 0 Å². The Morgan fingerprint density at radius 2 is 1.12 bits per heavy atom. The Hall–Kier alpha value is -3.11. The summed E-state index contributed by atoms with van der Waals surface area (Å²) in [5.74, 6) is -1.01. The minimum absolute atomic E-state index is 0.0228. The first kappa shape index (κ1) is 54.9. The summed E-state index contributed by atoms with van der Waals surface area (Å²) in [6.07, 6.45) is 50.4. The van der Waals surface area contributed by atoms with Gasteiger partial charge in [0.15, 0.2) is 6.10 Å². The van der Waals surface area contributed by atoms with E-state index in [1.165, 1.54) is 44.9 Å². The summed E-state index contributed by atoms with van der Waals surface area (Å²) in [5, 5.41) is 10.1. The van der Waals surface area contributed by atoms with Crippen LogP contribution in [0.3, 0.4) is 0 Å². The highest BCUT2D eigenvalue weighted by molar-refractivity contribution is 7.47. The second-order valence-corrected chi connectivity index (χ2v) is 15.5. The number of phosphoric acid groups is 1. The van der Waals surface area contributed by atoms with E-state index in [1.807, 2.05) is 18.2 Å². The zero-order valence-corrected chi connectivity index (χ0v) is 36.7. The normalized spacial score (nSPS) is 14.8. The number of aliphatic hydroxyl groups excluding tert-OH is 1. The molecule has 2 unspecified atom stereocenters. The molecule has 58 heavy (non-hydrogen) atoms. The van der Waals surface area contributed by atoms with Crippen LogP contribution in [0.5, 0.6) is 0 Å². The number of phosphoric ester groups is 1. The van der Waals surface area contributed by atoms with Crippen molar-refractivity contribution in [2.45, 2.75) is 161 Å². The van der Waals surface area contributed by atoms with Crippen molar-refractivity contribution in [3.63, 3.8) is 0 Å². The summed E-state index contributed by atoms with van der Waals surface area (Å²) in [5.41, 5.74) is 5.34. The molecule has 0 aromatic rings. The number of ether oxygens (including phenoxy) is 2. The van der Waals surface area contributed by atoms with Gasteiger partial charge in [-0.25, -0.2) is 4.57 Å². The van der Waals surface area contributed by atoms with E-state index < -0.39 is 38.6 Å². The van der Waals surface area contributed by atoms with Crippen LogP contribution in [0.25, 0.3) is 0 Å². The first-order valence-corrected chi connectivity index (χ1v) is 23.3. The predicted octanol–water partition coefficient (Wildman–Crippen LogP) is 11.6. The molecule has 0 saturated heterocycles. The second-order valence-electron chi connectivity index (χ2n) is 14.1. The third kappa shape index (κ3) is 41.1. The maximum Gasteiger partial charge on any atom is 0.472 e. The zero-order chi connectivity index (χ0) is 42.6. The molecule has 330 valence electrons. The van der Waals surface area contributed by atoms with Gasteiger partial charge in [-0.05, 0) is 89.9 Å². The van der Waals surface area contributed by atoms with Crippen LogP contribution >= 0.6 is 7.82 Å². The molecule has 0 radical (unpaired) electrons. The fourth-order valence-corrected chi connectivity index (χ4v) is 5.98. The van der Waals surface area contributed by atoms with Crippen molar-refractivity contribution < 1.29 is 42.7 Å². The summed E-state index contributed by atoms with van der Waals surface area (Å²) in [7, 11) is -4.43. The van der Waals surface area contributed by atoms with E-state index in [0.717, 1.165) is 51.4 Å². The van der Waals surface area contributed by atoms with Gasteiger partial charge in [-0.2, -0.15) is 0 Å². The highest BCUT2D eigenvalue weighted by atomic mass is 31.2. The van der Waals surface area contributed by atoms with Gasteiger partial charge >= 0.3 is 19.8 Å². The molecule has 4 N–H and O–H groups in total. The third-order valence-corrected chi connectivity index (χ3v) is 9.51. The Kier molecular flexibility index (Phi) is 39.8. The molecule has 0 heterocycles. The van der Waals surface area contributed by atoms with Gasteiger partial charge in [-0.3, -0.25) is 18.6 Å². The number of allylic oxidation sites excluding steroid dienone is 14. The van der Waals surface area contributed by atoms with Crippen molar-refractivity contribution in [1.29, 1.82) is 0 Å². The molecule has 3 atom stereocenters. The average molecular weight is 832 g/mol. The van der Waals surface area contributed by atoms with Crippen LogP contribution in [0.1, 0.15) is 149 Å². The molecule has 0 aliphatic carbocycles. The predicted molar refractivity (Wildman–Crippen MR) is 239 cm³/mol. The highest BCUT2D eigenvalue weighted by Gasteiger charge is 2.25. The largest absolute Gasteiger partial charge is 0.472 e. The highest BCUT2D eigenvalue weighted by Crippen LogP contribution is 2.43. The minimum Gasteiger partial charge on any atom is -0.462 e. The van der Waals surface area contributed by atoms with E-state index in [0.29, 0.717) is 25.7 Å². The smallest absolute Gasteiger partial charge is 0.462 e. The van der Waals surface area contributed by atoms with E-state index in [-0.39, 0.29) is 32.6 Å². The molecule has 0 bridgehead atoms. The maximum atomic E-state index is 12.6. The number of hydrogen-bond donors (Lipinski definition) is 3. The monoisotopic (exact) mass is 832 g/mol. The minimum atomic E-state index is -4.43. The molecular formula is C47H78NO9P. The van der Waals surface area contributed by atoms with Crippen molar-refractivity contribution in [3.8, 4) is 0 Å². The van der Waals surface area contributed by atoms with Gasteiger partial charge in [0.2, 0.25) is 0 Å². The number of unbranched alkanes of at least 4 members (excludes halogenated alkanes) is 10. The summed E-state index contributed by atoms with van der Waals surface area (Å²) < 4.78 is 32.6. The fraction of sp³-hybridized carbons (Fsp3) is 0.617. The first-order valence-electron chi connectivity index (χ1n) is 21.8. The van der Waals surface area contributed by atoms with Gasteiger partial charge in [-0.15, -0.1) is 0 Å². The van der Waals surface area contributed by atoms with Crippen LogP contribution in [0.4, 0.5) is 0 Å². The van der Waals surface area contributed by atoms with Crippen molar-refractivity contribution >= 4 is 19.8 Å². The van der Waals surface area contributed by atoms with Crippen LogP contribution in [0, 0.1) is 0 Å². The van der Waals surface area contributed by atoms with E-state index >= 15 is 0 Å². The van der Waals surface area contributed by atoms with E-state index in [9.17, 15) is 24.2 Å². The zero-order valence-electron chi connectivity index (χ0n) is 35.8. The number of hydrogen-bond acceptors (Lipinski definition) is 9. The standard InChI is InChI=1S/C47H78NO9P/c1-3-5-7-9-11-13-14-15-16-17-18-19-20-21-22-24-26-30-35-39-47(51)57-45(43-56-58(52,53)55-41-40-48)42-54-46(50)38-34-31-27-29-33-37-44(49)36-32-28-25-23-12-10-8-6-4-2/h11-13,15-16,18-19,21-23,27-29,32-33,37,44-45,49H,3-10,14,17,20,24-26,30-31,34-36,38-43,48H2,1-2H3,(H,52,53)/b13-11-,16-15-,19-18-,22-21-,23-12-,29-27+,32-28-,37-33-/t44?,45-/m1/s1. The lowest BCUT2D eigenvalue weighted by atomic mass is 10.1. The van der Waals surface area contributed by atoms with Crippen molar-refractivity contribution in [2.24, 2.45) is 5.73 Å². The second kappa shape index (κ2) is 42.0. The third-order valence-electron chi connectivity index (χ3n) is 8.52. The maximum absolute atomic E-state index is 12.6. The molecule has 0 aliphatic rings.